The number of hydrogen-bond acceptors (Lipinski definition) is 6. The Morgan fingerprint density at radius 1 is 1.12 bits per heavy atom. The van der Waals surface area contributed by atoms with E-state index in [0.717, 1.165) is 17.2 Å². The molecule has 1 amide bonds. The topological polar surface area (TPSA) is 131 Å². The molecular formula is C20H23Cl2N5O3S2. The summed E-state index contributed by atoms with van der Waals surface area (Å²) in [5, 5.41) is 3.37. The van der Waals surface area contributed by atoms with Gasteiger partial charge in [-0.1, -0.05) is 12.1 Å². The minimum absolute atomic E-state index is 0. The zero-order valence-corrected chi connectivity index (χ0v) is 20.1. The van der Waals surface area contributed by atoms with Crippen LogP contribution in [0, 0.1) is 0 Å². The fraction of sp³-hybridized carbons (Fsp3) is 0.200. The van der Waals surface area contributed by atoms with Gasteiger partial charge >= 0.3 is 0 Å². The van der Waals surface area contributed by atoms with Crippen molar-refractivity contribution >= 4 is 80.1 Å². The SMILES string of the molecule is Cl.Cl.NC(=NCN1CCCC1=O)c1sccc1NS(=O)(=O)c1ccc2cc(N)ccc2c1. The smallest absolute Gasteiger partial charge is 0.261 e. The number of nitrogens with zero attached hydrogens (tertiary/aromatic N) is 2. The highest BCUT2D eigenvalue weighted by atomic mass is 35.5. The van der Waals surface area contributed by atoms with Crippen LogP contribution in [0.2, 0.25) is 0 Å². The molecule has 5 N–H and O–H groups in total. The molecule has 8 nitrogen and oxygen atoms in total. The first-order chi connectivity index (χ1) is 14.3. The molecule has 0 spiro atoms. The van der Waals surface area contributed by atoms with Gasteiger partial charge in [-0.15, -0.1) is 36.2 Å². The highest BCUT2D eigenvalue weighted by Gasteiger charge is 2.21. The summed E-state index contributed by atoms with van der Waals surface area (Å²) in [6, 6.07) is 11.8. The Kier molecular flexibility index (Phi) is 8.35. The van der Waals surface area contributed by atoms with Crippen LogP contribution in [0.4, 0.5) is 11.4 Å². The standard InChI is InChI=1S/C20H21N5O3S2.2ClH/c21-15-5-3-14-11-16(6-4-13(14)10-15)30(27,28)24-17-7-9-29-19(17)20(22)23-12-25-8-1-2-18(25)26;;/h3-7,9-11,24H,1-2,8,12,21H2,(H2,22,23);2*1H. The Morgan fingerprint density at radius 2 is 1.84 bits per heavy atom. The lowest BCUT2D eigenvalue weighted by atomic mass is 10.1. The van der Waals surface area contributed by atoms with Gasteiger partial charge in [0.25, 0.3) is 10.0 Å². The number of fused-ring (bicyclic) bond motifs is 1. The predicted octanol–water partition coefficient (Wildman–Crippen LogP) is 3.41. The van der Waals surface area contributed by atoms with Crippen molar-refractivity contribution in [2.45, 2.75) is 17.7 Å². The van der Waals surface area contributed by atoms with Crippen molar-refractivity contribution in [2.75, 3.05) is 23.7 Å². The summed E-state index contributed by atoms with van der Waals surface area (Å²) < 4.78 is 28.5. The van der Waals surface area contributed by atoms with Crippen molar-refractivity contribution < 1.29 is 13.2 Å². The number of anilines is 2. The molecule has 0 unspecified atom stereocenters. The number of rotatable bonds is 6. The molecule has 1 aliphatic rings. The molecule has 1 aromatic heterocycles. The number of carbonyl (C=O) groups is 1. The number of hydrogen-bond donors (Lipinski definition) is 3. The van der Waals surface area contributed by atoms with Crippen LogP contribution in [0.3, 0.4) is 0 Å². The Bertz CT molecular complexity index is 1260. The average Bonchev–Trinajstić information content (AvgIpc) is 3.34. The second-order valence-electron chi connectivity index (χ2n) is 6.98. The molecule has 1 fully saturated rings. The maximum absolute atomic E-state index is 12.9. The molecular weight excluding hydrogens is 493 g/mol. The molecule has 4 rings (SSSR count). The van der Waals surface area contributed by atoms with Crippen LogP contribution in [0.1, 0.15) is 17.7 Å². The molecule has 2 heterocycles. The third-order valence-corrected chi connectivity index (χ3v) is 7.17. The first-order valence-corrected chi connectivity index (χ1v) is 11.7. The normalized spacial score (nSPS) is 14.2. The molecule has 172 valence electrons. The number of benzene rings is 2. The van der Waals surface area contributed by atoms with Crippen LogP contribution in [0.15, 0.2) is 57.7 Å². The Morgan fingerprint density at radius 3 is 2.56 bits per heavy atom. The fourth-order valence-electron chi connectivity index (χ4n) is 3.29. The van der Waals surface area contributed by atoms with E-state index in [2.05, 4.69) is 9.71 Å². The first-order valence-electron chi connectivity index (χ1n) is 9.31. The monoisotopic (exact) mass is 515 g/mol. The van der Waals surface area contributed by atoms with Crippen LogP contribution in [-0.2, 0) is 14.8 Å². The lowest BCUT2D eigenvalue weighted by Gasteiger charge is -2.13. The lowest BCUT2D eigenvalue weighted by Crippen LogP contribution is -2.27. The summed E-state index contributed by atoms with van der Waals surface area (Å²) in [6.45, 7) is 0.829. The van der Waals surface area contributed by atoms with Gasteiger partial charge in [0.15, 0.2) is 0 Å². The number of aliphatic imine (C=N–C) groups is 1. The minimum atomic E-state index is -3.83. The summed E-state index contributed by atoms with van der Waals surface area (Å²) in [5.41, 5.74) is 12.8. The molecule has 0 radical (unpaired) electrons. The Balaban J connectivity index is 0.00000181. The van der Waals surface area contributed by atoms with E-state index in [0.29, 0.717) is 29.2 Å². The number of nitrogens with two attached hydrogens (primary N) is 2. The number of carbonyl (C=O) groups excluding carboxylic acids is 1. The molecule has 1 aliphatic heterocycles. The van der Waals surface area contributed by atoms with Gasteiger partial charge in [0.1, 0.15) is 12.5 Å². The van der Waals surface area contributed by atoms with Gasteiger partial charge < -0.3 is 16.4 Å². The number of halogens is 2. The molecule has 3 aromatic rings. The van der Waals surface area contributed by atoms with E-state index in [9.17, 15) is 13.2 Å². The molecule has 12 heteroatoms. The van der Waals surface area contributed by atoms with Gasteiger partial charge in [-0.3, -0.25) is 9.52 Å². The maximum Gasteiger partial charge on any atom is 0.261 e. The fourth-order valence-corrected chi connectivity index (χ4v) is 5.23. The maximum atomic E-state index is 12.9. The van der Waals surface area contributed by atoms with Gasteiger partial charge in [-0.05, 0) is 52.9 Å². The van der Waals surface area contributed by atoms with Gasteiger partial charge in [-0.25, -0.2) is 13.4 Å². The lowest BCUT2D eigenvalue weighted by molar-refractivity contribution is -0.127. The number of sulfonamides is 1. The second-order valence-corrected chi connectivity index (χ2v) is 9.58. The number of nitrogen functional groups attached to an aromatic ring is 1. The molecule has 0 aliphatic carbocycles. The Hall–Kier alpha value is -2.53. The molecule has 2 aromatic carbocycles. The highest BCUT2D eigenvalue weighted by molar-refractivity contribution is 7.92. The third-order valence-electron chi connectivity index (χ3n) is 4.87. The van der Waals surface area contributed by atoms with Crippen molar-refractivity contribution in [3.8, 4) is 0 Å². The van der Waals surface area contributed by atoms with E-state index in [4.69, 9.17) is 11.5 Å². The van der Waals surface area contributed by atoms with Gasteiger partial charge in [0, 0.05) is 18.7 Å². The first kappa shape index (κ1) is 25.7. The van der Waals surface area contributed by atoms with Crippen molar-refractivity contribution in [3.05, 3.63) is 52.7 Å². The van der Waals surface area contributed by atoms with Crippen LogP contribution in [-0.4, -0.2) is 38.3 Å². The molecule has 0 saturated carbocycles. The van der Waals surface area contributed by atoms with Gasteiger partial charge in [-0.2, -0.15) is 0 Å². The van der Waals surface area contributed by atoms with Crippen molar-refractivity contribution in [3.63, 3.8) is 0 Å². The molecule has 32 heavy (non-hydrogen) atoms. The highest BCUT2D eigenvalue weighted by Crippen LogP contribution is 2.27. The number of amides is 1. The van der Waals surface area contributed by atoms with E-state index in [1.54, 1.807) is 46.7 Å². The zero-order valence-electron chi connectivity index (χ0n) is 16.9. The number of amidine groups is 1. The van der Waals surface area contributed by atoms with Gasteiger partial charge in [0.2, 0.25) is 5.91 Å². The van der Waals surface area contributed by atoms with E-state index >= 15 is 0 Å². The van der Waals surface area contributed by atoms with E-state index < -0.39 is 10.0 Å². The minimum Gasteiger partial charge on any atom is -0.399 e. The van der Waals surface area contributed by atoms with Crippen molar-refractivity contribution in [1.29, 1.82) is 0 Å². The summed E-state index contributed by atoms with van der Waals surface area (Å²) in [5.74, 6) is 0.244. The van der Waals surface area contributed by atoms with Crippen molar-refractivity contribution in [2.24, 2.45) is 10.7 Å². The van der Waals surface area contributed by atoms with Crippen LogP contribution in [0.5, 0.6) is 0 Å². The molecule has 1 saturated heterocycles. The Labute approximate surface area is 202 Å². The van der Waals surface area contributed by atoms with Crippen LogP contribution >= 0.6 is 36.2 Å². The predicted molar refractivity (Wildman–Crippen MR) is 135 cm³/mol. The average molecular weight is 516 g/mol. The summed E-state index contributed by atoms with van der Waals surface area (Å²) >= 11 is 1.28. The second kappa shape index (κ2) is 10.4. The largest absolute Gasteiger partial charge is 0.399 e. The van der Waals surface area contributed by atoms with E-state index in [-0.39, 0.29) is 48.1 Å². The van der Waals surface area contributed by atoms with Gasteiger partial charge in [0.05, 0.1) is 15.5 Å². The summed E-state index contributed by atoms with van der Waals surface area (Å²) in [6.07, 6.45) is 1.34. The zero-order chi connectivity index (χ0) is 21.3. The van der Waals surface area contributed by atoms with E-state index in [1.165, 1.54) is 17.4 Å². The number of nitrogens with one attached hydrogen (secondary N) is 1. The number of likely N-dealkylation sites (tertiary alicyclic amines) is 1. The van der Waals surface area contributed by atoms with Crippen LogP contribution < -0.4 is 16.2 Å². The van der Waals surface area contributed by atoms with Crippen molar-refractivity contribution in [1.82, 2.24) is 4.90 Å². The molecule has 0 bridgehead atoms. The summed E-state index contributed by atoms with van der Waals surface area (Å²) in [4.78, 5) is 18.3. The third kappa shape index (κ3) is 5.44. The molecule has 0 atom stereocenters. The van der Waals surface area contributed by atoms with Crippen LogP contribution in [0.25, 0.3) is 10.8 Å². The number of thiophene rings is 1. The quantitative estimate of drug-likeness (QED) is 0.263. The van der Waals surface area contributed by atoms with E-state index in [1.807, 2.05) is 0 Å². The summed E-state index contributed by atoms with van der Waals surface area (Å²) in [7, 11) is -3.83.